The van der Waals surface area contributed by atoms with Crippen molar-refractivity contribution in [1.82, 2.24) is 9.30 Å². The number of unbranched alkanes of at least 4 members (excludes halogenated alkanes) is 1. The second-order valence-electron chi connectivity index (χ2n) is 8.76. The number of fused-ring (bicyclic) bond motifs is 1. The summed E-state index contributed by atoms with van der Waals surface area (Å²) in [5, 5.41) is 0. The fraction of sp³-hybridized carbons (Fsp3) is 0.464. The van der Waals surface area contributed by atoms with Crippen molar-refractivity contribution in [1.29, 1.82) is 0 Å². The molecule has 3 rings (SSSR count). The molecule has 0 saturated carbocycles. The van der Waals surface area contributed by atoms with Gasteiger partial charge in [-0.3, -0.25) is 4.79 Å². The largest absolute Gasteiger partial charge is 0.491 e. The van der Waals surface area contributed by atoms with E-state index in [1.165, 1.54) is 12.8 Å². The number of carbonyl (C=O) groups is 1. The molecule has 34 heavy (non-hydrogen) atoms. The van der Waals surface area contributed by atoms with Crippen molar-refractivity contribution in [2.75, 3.05) is 26.2 Å². The molecular weight excluding hydrogens is 556 g/mol. The van der Waals surface area contributed by atoms with E-state index >= 15 is 0 Å². The Bertz CT molecular complexity index is 1060. The highest BCUT2D eigenvalue weighted by molar-refractivity contribution is 9.11. The van der Waals surface area contributed by atoms with E-state index in [-0.39, 0.29) is 5.78 Å². The number of hydrogen-bond acceptors (Lipinski definition) is 3. The Morgan fingerprint density at radius 3 is 2.29 bits per heavy atom. The van der Waals surface area contributed by atoms with E-state index in [4.69, 9.17) is 4.74 Å². The molecule has 0 aliphatic rings. The molecule has 2 heterocycles. The molecule has 6 heteroatoms. The highest BCUT2D eigenvalue weighted by Gasteiger charge is 2.21. The number of aromatic nitrogens is 1. The molecule has 0 N–H and O–H groups in total. The number of rotatable bonds is 14. The number of halogens is 2. The van der Waals surface area contributed by atoms with Gasteiger partial charge in [-0.15, -0.1) is 0 Å². The quantitative estimate of drug-likeness (QED) is 0.141. The van der Waals surface area contributed by atoms with Gasteiger partial charge >= 0.3 is 0 Å². The topological polar surface area (TPSA) is 34.0 Å². The number of ether oxygens (including phenoxy) is 1. The zero-order valence-corrected chi connectivity index (χ0v) is 23.8. The van der Waals surface area contributed by atoms with Crippen LogP contribution in [0.3, 0.4) is 0 Å². The Morgan fingerprint density at radius 2 is 1.65 bits per heavy atom. The lowest BCUT2D eigenvalue weighted by atomic mass is 10.0. The first kappa shape index (κ1) is 27.0. The summed E-state index contributed by atoms with van der Waals surface area (Å²) in [7, 11) is 0. The van der Waals surface area contributed by atoms with E-state index in [0.29, 0.717) is 12.2 Å². The Kier molecular flexibility index (Phi) is 10.7. The molecule has 1 aromatic carbocycles. The van der Waals surface area contributed by atoms with Crippen LogP contribution in [0, 0.1) is 0 Å². The first-order valence-corrected chi connectivity index (χ1v) is 14.1. The van der Waals surface area contributed by atoms with Gasteiger partial charge in [-0.05, 0) is 113 Å². The maximum Gasteiger partial charge on any atom is 0.210 e. The van der Waals surface area contributed by atoms with E-state index < -0.39 is 0 Å². The van der Waals surface area contributed by atoms with Crippen molar-refractivity contribution in [2.24, 2.45) is 0 Å². The SMILES string of the molecule is CCCCc1cc2ccccn2c1C(=O)c1cc(Br)c(OCCCN(CCC)CCC)c(Br)c1. The lowest BCUT2D eigenvalue weighted by molar-refractivity contribution is 0.103. The van der Waals surface area contributed by atoms with Gasteiger partial charge in [0.2, 0.25) is 5.78 Å². The monoisotopic (exact) mass is 590 g/mol. The fourth-order valence-corrected chi connectivity index (χ4v) is 5.80. The average molecular weight is 592 g/mol. The molecule has 4 nitrogen and oxygen atoms in total. The normalized spacial score (nSPS) is 11.5. The van der Waals surface area contributed by atoms with Crippen LogP contribution in [-0.4, -0.2) is 41.3 Å². The van der Waals surface area contributed by atoms with Crippen LogP contribution in [0.5, 0.6) is 5.75 Å². The van der Waals surface area contributed by atoms with Crippen molar-refractivity contribution in [3.63, 3.8) is 0 Å². The summed E-state index contributed by atoms with van der Waals surface area (Å²) in [6.45, 7) is 10.6. The smallest absolute Gasteiger partial charge is 0.210 e. The molecule has 0 aliphatic carbocycles. The molecule has 0 unspecified atom stereocenters. The van der Waals surface area contributed by atoms with E-state index in [1.807, 2.05) is 34.9 Å². The summed E-state index contributed by atoms with van der Waals surface area (Å²) in [6.07, 6.45) is 8.34. The van der Waals surface area contributed by atoms with Gasteiger partial charge < -0.3 is 14.0 Å². The Balaban J connectivity index is 1.76. The minimum absolute atomic E-state index is 0.0278. The van der Waals surface area contributed by atoms with Gasteiger partial charge in [0, 0.05) is 23.8 Å². The summed E-state index contributed by atoms with van der Waals surface area (Å²) >= 11 is 7.29. The number of hydrogen-bond donors (Lipinski definition) is 0. The maximum absolute atomic E-state index is 13.7. The Morgan fingerprint density at radius 1 is 0.941 bits per heavy atom. The summed E-state index contributed by atoms with van der Waals surface area (Å²) in [5.41, 5.74) is 3.55. The van der Waals surface area contributed by atoms with Gasteiger partial charge in [-0.25, -0.2) is 0 Å². The van der Waals surface area contributed by atoms with Gasteiger partial charge in [0.05, 0.1) is 21.2 Å². The fourth-order valence-electron chi connectivity index (χ4n) is 4.39. The van der Waals surface area contributed by atoms with Crippen LogP contribution in [0.2, 0.25) is 0 Å². The van der Waals surface area contributed by atoms with E-state index in [9.17, 15) is 4.79 Å². The standard InChI is InChI=1S/C28H36Br2N2O2/c1-4-7-11-21-18-23-12-8-9-16-32(23)26(21)27(33)22-19-24(29)28(25(30)20-22)34-17-10-15-31(13-5-2)14-6-3/h8-9,12,16,18-20H,4-7,10-11,13-15,17H2,1-3H3. The average Bonchev–Trinajstić information content (AvgIpc) is 3.19. The summed E-state index contributed by atoms with van der Waals surface area (Å²) in [4.78, 5) is 16.2. The van der Waals surface area contributed by atoms with Gasteiger partial charge in [0.15, 0.2) is 0 Å². The number of pyridine rings is 1. The van der Waals surface area contributed by atoms with Crippen LogP contribution in [-0.2, 0) is 6.42 Å². The van der Waals surface area contributed by atoms with Crippen molar-refractivity contribution in [3.8, 4) is 5.75 Å². The third kappa shape index (κ3) is 6.73. The molecule has 0 fully saturated rings. The Hall–Kier alpha value is -1.63. The molecule has 0 spiro atoms. The molecule has 2 aromatic heterocycles. The first-order chi connectivity index (χ1) is 16.5. The van der Waals surface area contributed by atoms with Crippen LogP contribution in [0.25, 0.3) is 5.52 Å². The number of ketones is 1. The van der Waals surface area contributed by atoms with Gasteiger partial charge in [0.25, 0.3) is 0 Å². The summed E-state index contributed by atoms with van der Waals surface area (Å²) in [6, 6.07) is 11.9. The highest BCUT2D eigenvalue weighted by Crippen LogP contribution is 2.36. The predicted molar refractivity (Wildman–Crippen MR) is 148 cm³/mol. The Labute approximate surface area is 220 Å². The van der Waals surface area contributed by atoms with Crippen LogP contribution < -0.4 is 4.74 Å². The number of carbonyl (C=O) groups excluding carboxylic acids is 1. The van der Waals surface area contributed by atoms with Crippen LogP contribution >= 0.6 is 31.9 Å². The number of benzene rings is 1. The van der Waals surface area contributed by atoms with Crippen molar-refractivity contribution >= 4 is 43.2 Å². The predicted octanol–water partition coefficient (Wildman–Crippen LogP) is 7.93. The van der Waals surface area contributed by atoms with Gasteiger partial charge in [-0.1, -0.05) is 33.3 Å². The minimum Gasteiger partial charge on any atom is -0.491 e. The maximum atomic E-state index is 13.7. The molecule has 0 atom stereocenters. The second kappa shape index (κ2) is 13.5. The lowest BCUT2D eigenvalue weighted by Gasteiger charge is -2.21. The third-order valence-corrected chi connectivity index (χ3v) is 7.16. The van der Waals surface area contributed by atoms with E-state index in [2.05, 4.69) is 69.7 Å². The van der Waals surface area contributed by atoms with E-state index in [1.54, 1.807) is 0 Å². The molecule has 0 amide bonds. The highest BCUT2D eigenvalue weighted by atomic mass is 79.9. The van der Waals surface area contributed by atoms with Crippen molar-refractivity contribution in [3.05, 3.63) is 68.4 Å². The molecule has 3 aromatic rings. The lowest BCUT2D eigenvalue weighted by Crippen LogP contribution is -2.27. The molecular formula is C28H36Br2N2O2. The van der Waals surface area contributed by atoms with Crippen LogP contribution in [0.4, 0.5) is 0 Å². The first-order valence-electron chi connectivity index (χ1n) is 12.5. The van der Waals surface area contributed by atoms with Crippen molar-refractivity contribution < 1.29 is 9.53 Å². The van der Waals surface area contributed by atoms with Crippen LogP contribution in [0.1, 0.15) is 74.5 Å². The second-order valence-corrected chi connectivity index (χ2v) is 10.5. The molecule has 0 aliphatic heterocycles. The minimum atomic E-state index is 0.0278. The zero-order chi connectivity index (χ0) is 24.5. The van der Waals surface area contributed by atoms with Gasteiger partial charge in [-0.2, -0.15) is 0 Å². The molecule has 0 saturated heterocycles. The van der Waals surface area contributed by atoms with Crippen LogP contribution in [0.15, 0.2) is 51.5 Å². The molecule has 0 bridgehead atoms. The number of nitrogens with zero attached hydrogens (tertiary/aromatic N) is 2. The van der Waals surface area contributed by atoms with E-state index in [0.717, 1.165) is 76.8 Å². The molecule has 184 valence electrons. The summed E-state index contributed by atoms with van der Waals surface area (Å²) < 4.78 is 9.71. The molecule has 0 radical (unpaired) electrons. The number of aryl methyl sites for hydroxylation is 1. The third-order valence-electron chi connectivity index (χ3n) is 5.98. The van der Waals surface area contributed by atoms with Gasteiger partial charge in [0.1, 0.15) is 5.75 Å². The van der Waals surface area contributed by atoms with Crippen molar-refractivity contribution in [2.45, 2.75) is 59.3 Å². The zero-order valence-electron chi connectivity index (χ0n) is 20.6. The summed E-state index contributed by atoms with van der Waals surface area (Å²) in [5.74, 6) is 0.778.